The van der Waals surface area contributed by atoms with E-state index in [0.717, 1.165) is 81.2 Å². The lowest BCUT2D eigenvalue weighted by atomic mass is 9.68. The van der Waals surface area contributed by atoms with Crippen LogP contribution in [0.2, 0.25) is 0 Å². The molecule has 208 valence electrons. The predicted molar refractivity (Wildman–Crippen MR) is 150 cm³/mol. The Kier molecular flexibility index (Phi) is 7.35. The fraction of sp³-hybridized carbons (Fsp3) is 0.548. The number of amides is 1. The summed E-state index contributed by atoms with van der Waals surface area (Å²) in [7, 11) is 3.75. The zero-order valence-corrected chi connectivity index (χ0v) is 23.1. The minimum atomic E-state index is -0.398. The molecule has 0 unspecified atom stereocenters. The highest BCUT2D eigenvalue weighted by atomic mass is 16.5. The predicted octanol–water partition coefficient (Wildman–Crippen LogP) is 3.46. The van der Waals surface area contributed by atoms with E-state index >= 15 is 0 Å². The molecule has 3 aliphatic heterocycles. The fourth-order valence-corrected chi connectivity index (χ4v) is 7.25. The maximum Gasteiger partial charge on any atom is 0.229 e. The van der Waals surface area contributed by atoms with Gasteiger partial charge in [-0.3, -0.25) is 9.78 Å². The third-order valence-electron chi connectivity index (χ3n) is 9.37. The van der Waals surface area contributed by atoms with Crippen LogP contribution in [0.25, 0.3) is 10.9 Å². The Morgan fingerprint density at radius 3 is 2.67 bits per heavy atom. The van der Waals surface area contributed by atoms with E-state index in [2.05, 4.69) is 33.6 Å². The molecule has 6 rings (SSSR count). The Morgan fingerprint density at radius 2 is 1.97 bits per heavy atom. The zero-order valence-electron chi connectivity index (χ0n) is 23.1. The number of aliphatic hydroxyl groups excluding tert-OH is 1. The summed E-state index contributed by atoms with van der Waals surface area (Å²) in [6.07, 6.45) is 6.22. The number of carbonyl (C=O) groups is 1. The third-order valence-corrected chi connectivity index (χ3v) is 9.37. The molecule has 1 spiro atoms. The van der Waals surface area contributed by atoms with Gasteiger partial charge in [-0.05, 0) is 74.5 Å². The van der Waals surface area contributed by atoms with Crippen molar-refractivity contribution in [2.45, 2.75) is 43.6 Å². The first kappa shape index (κ1) is 26.3. The van der Waals surface area contributed by atoms with Gasteiger partial charge in [0.15, 0.2) is 0 Å². The molecule has 0 aliphatic carbocycles. The van der Waals surface area contributed by atoms with Crippen LogP contribution >= 0.6 is 0 Å². The normalized spacial score (nSPS) is 21.8. The van der Waals surface area contributed by atoms with E-state index in [9.17, 15) is 9.90 Å². The first-order valence-corrected chi connectivity index (χ1v) is 14.3. The standard InChI is InChI=1S/C31H40N4O4/c1-33-26-18-24(38-2)6-7-25(26)29-30(33)27(20-36)35(28(37)17-23-5-3-4-12-32-23)21-31(29)10-13-34(14-11-31)19-22-8-15-39-16-9-22/h3-7,12,18,22,27,36H,8-11,13-17,19-21H2,1-2H3/t27-/m0/s1. The van der Waals surface area contributed by atoms with Crippen LogP contribution in [0.15, 0.2) is 42.6 Å². The van der Waals surface area contributed by atoms with Crippen molar-refractivity contribution in [3.05, 3.63) is 59.5 Å². The van der Waals surface area contributed by atoms with Crippen LogP contribution in [-0.2, 0) is 28.4 Å². The molecule has 2 aromatic heterocycles. The van der Waals surface area contributed by atoms with Crippen molar-refractivity contribution in [2.75, 3.05) is 53.1 Å². The van der Waals surface area contributed by atoms with Gasteiger partial charge in [0.25, 0.3) is 0 Å². The lowest BCUT2D eigenvalue weighted by Crippen LogP contribution is -2.56. The number of aliphatic hydroxyl groups is 1. The van der Waals surface area contributed by atoms with E-state index in [1.807, 2.05) is 29.2 Å². The highest BCUT2D eigenvalue weighted by Crippen LogP contribution is 2.50. The summed E-state index contributed by atoms with van der Waals surface area (Å²) in [5.74, 6) is 1.53. The summed E-state index contributed by atoms with van der Waals surface area (Å²) < 4.78 is 13.3. The third kappa shape index (κ3) is 4.83. The van der Waals surface area contributed by atoms with E-state index in [-0.39, 0.29) is 24.3 Å². The van der Waals surface area contributed by atoms with Crippen molar-refractivity contribution < 1.29 is 19.4 Å². The molecule has 0 saturated carbocycles. The van der Waals surface area contributed by atoms with Crippen LogP contribution < -0.4 is 4.74 Å². The number of aryl methyl sites for hydroxylation is 1. The van der Waals surface area contributed by atoms with E-state index in [0.29, 0.717) is 12.5 Å². The molecule has 1 atom stereocenters. The Bertz CT molecular complexity index is 1310. The van der Waals surface area contributed by atoms with Crippen molar-refractivity contribution in [1.29, 1.82) is 0 Å². The number of piperidine rings is 1. The molecule has 0 bridgehead atoms. The van der Waals surface area contributed by atoms with Crippen LogP contribution in [0.3, 0.4) is 0 Å². The number of hydrogen-bond donors (Lipinski definition) is 1. The second-order valence-corrected chi connectivity index (χ2v) is 11.6. The number of likely N-dealkylation sites (tertiary alicyclic amines) is 1. The molecule has 1 amide bonds. The highest BCUT2D eigenvalue weighted by Gasteiger charge is 2.49. The lowest BCUT2D eigenvalue weighted by molar-refractivity contribution is -0.136. The van der Waals surface area contributed by atoms with Gasteiger partial charge in [0, 0.05) is 67.8 Å². The van der Waals surface area contributed by atoms with Crippen molar-refractivity contribution >= 4 is 16.8 Å². The molecule has 3 aromatic rings. The minimum Gasteiger partial charge on any atom is -0.497 e. The maximum absolute atomic E-state index is 13.8. The van der Waals surface area contributed by atoms with Gasteiger partial charge in [0.1, 0.15) is 5.75 Å². The molecule has 3 aliphatic rings. The van der Waals surface area contributed by atoms with Crippen LogP contribution in [-0.4, -0.2) is 83.5 Å². The molecule has 2 saturated heterocycles. The second-order valence-electron chi connectivity index (χ2n) is 11.6. The van der Waals surface area contributed by atoms with Crippen LogP contribution in [0.4, 0.5) is 0 Å². The van der Waals surface area contributed by atoms with E-state index in [1.54, 1.807) is 13.3 Å². The van der Waals surface area contributed by atoms with Gasteiger partial charge in [-0.2, -0.15) is 0 Å². The topological polar surface area (TPSA) is 80.1 Å². The lowest BCUT2D eigenvalue weighted by Gasteiger charge is -2.51. The second kappa shape index (κ2) is 10.9. The Morgan fingerprint density at radius 1 is 1.18 bits per heavy atom. The monoisotopic (exact) mass is 532 g/mol. The molecule has 5 heterocycles. The Labute approximate surface area is 230 Å². The molecule has 1 N–H and O–H groups in total. The molecule has 39 heavy (non-hydrogen) atoms. The minimum absolute atomic E-state index is 0.0187. The fourth-order valence-electron chi connectivity index (χ4n) is 7.25. The number of benzene rings is 1. The van der Waals surface area contributed by atoms with E-state index < -0.39 is 6.04 Å². The average Bonchev–Trinajstić information content (AvgIpc) is 3.27. The van der Waals surface area contributed by atoms with Crippen molar-refractivity contribution in [1.82, 2.24) is 19.4 Å². The maximum atomic E-state index is 13.8. The van der Waals surface area contributed by atoms with Gasteiger partial charge in [-0.1, -0.05) is 6.07 Å². The number of ether oxygens (including phenoxy) is 2. The Balaban J connectivity index is 1.37. The number of aromatic nitrogens is 2. The number of rotatable bonds is 6. The number of hydrogen-bond acceptors (Lipinski definition) is 6. The van der Waals surface area contributed by atoms with Crippen molar-refractivity contribution in [3.63, 3.8) is 0 Å². The number of carbonyl (C=O) groups excluding carboxylic acids is 1. The number of nitrogens with zero attached hydrogens (tertiary/aromatic N) is 4. The molecule has 1 aromatic carbocycles. The van der Waals surface area contributed by atoms with Crippen molar-refractivity contribution in [3.8, 4) is 5.75 Å². The van der Waals surface area contributed by atoms with Gasteiger partial charge in [-0.25, -0.2) is 0 Å². The van der Waals surface area contributed by atoms with E-state index in [1.165, 1.54) is 10.9 Å². The van der Waals surface area contributed by atoms with Gasteiger partial charge in [-0.15, -0.1) is 0 Å². The molecule has 0 radical (unpaired) electrons. The van der Waals surface area contributed by atoms with Gasteiger partial charge in [0.2, 0.25) is 5.91 Å². The summed E-state index contributed by atoms with van der Waals surface area (Å²) in [5.41, 5.74) is 4.04. The molecular weight excluding hydrogens is 492 g/mol. The number of pyridine rings is 1. The first-order chi connectivity index (χ1) is 19.0. The highest BCUT2D eigenvalue weighted by molar-refractivity contribution is 5.90. The summed E-state index contributed by atoms with van der Waals surface area (Å²) in [5, 5.41) is 11.9. The first-order valence-electron chi connectivity index (χ1n) is 14.3. The molecular formula is C31H40N4O4. The van der Waals surface area contributed by atoms with Gasteiger partial charge < -0.3 is 28.9 Å². The van der Waals surface area contributed by atoms with Crippen LogP contribution in [0.1, 0.15) is 48.7 Å². The average molecular weight is 533 g/mol. The SMILES string of the molecule is COc1ccc2c3c(n(C)c2c1)[C@H](CO)N(C(=O)Cc1ccccn1)CC31CCN(CC2CCOCC2)CC1. The van der Waals surface area contributed by atoms with Crippen LogP contribution in [0.5, 0.6) is 5.75 Å². The number of methoxy groups -OCH3 is 1. The molecule has 2 fully saturated rings. The van der Waals surface area contributed by atoms with Crippen molar-refractivity contribution in [2.24, 2.45) is 13.0 Å². The number of fused-ring (bicyclic) bond motifs is 4. The van der Waals surface area contributed by atoms with Gasteiger partial charge >= 0.3 is 0 Å². The summed E-state index contributed by atoms with van der Waals surface area (Å²) in [4.78, 5) is 22.8. The zero-order chi connectivity index (χ0) is 27.0. The quantitative estimate of drug-likeness (QED) is 0.524. The summed E-state index contributed by atoms with van der Waals surface area (Å²) in [6, 6.07) is 11.6. The largest absolute Gasteiger partial charge is 0.497 e. The molecule has 8 heteroatoms. The summed E-state index contributed by atoms with van der Waals surface area (Å²) in [6.45, 7) is 5.40. The van der Waals surface area contributed by atoms with E-state index in [4.69, 9.17) is 9.47 Å². The van der Waals surface area contributed by atoms with Gasteiger partial charge in [0.05, 0.1) is 31.7 Å². The Hall–Kier alpha value is -2.94. The summed E-state index contributed by atoms with van der Waals surface area (Å²) >= 11 is 0. The van der Waals surface area contributed by atoms with Crippen LogP contribution in [0, 0.1) is 5.92 Å². The molecule has 8 nitrogen and oxygen atoms in total. The smallest absolute Gasteiger partial charge is 0.229 e.